The number of hydrogen-bond acceptors (Lipinski definition) is 4. The number of anilines is 1. The van der Waals surface area contributed by atoms with Crippen LogP contribution in [0.4, 0.5) is 5.82 Å². The van der Waals surface area contributed by atoms with Crippen molar-refractivity contribution in [2.45, 2.75) is 46.1 Å². The van der Waals surface area contributed by atoms with E-state index in [9.17, 15) is 0 Å². The molecule has 0 saturated heterocycles. The molecule has 0 saturated carbocycles. The molecule has 1 aromatic heterocycles. The molecule has 0 aliphatic heterocycles. The van der Waals surface area contributed by atoms with E-state index in [1.807, 2.05) is 0 Å². The first kappa shape index (κ1) is 16.2. The molecular formula is C14H25ClN4. The van der Waals surface area contributed by atoms with Gasteiger partial charge in [0.15, 0.2) is 0 Å². The second-order valence-electron chi connectivity index (χ2n) is 5.25. The SMILES string of the molecule is CCC(C)N(C)CCNc1cc(Cl)nc(C(C)C)n1. The monoisotopic (exact) mass is 284 g/mol. The Morgan fingerprint density at radius 3 is 2.58 bits per heavy atom. The Morgan fingerprint density at radius 1 is 1.32 bits per heavy atom. The molecule has 0 bridgehead atoms. The topological polar surface area (TPSA) is 41.0 Å². The van der Waals surface area contributed by atoms with Crippen LogP contribution >= 0.6 is 11.6 Å². The standard InChI is InChI=1S/C14H25ClN4/c1-6-11(4)19(5)8-7-16-13-9-12(15)17-14(18-13)10(2)3/h9-11H,6-8H2,1-5H3,(H,16,17,18). The van der Waals surface area contributed by atoms with Crippen LogP contribution in [0.3, 0.4) is 0 Å². The van der Waals surface area contributed by atoms with E-state index in [2.05, 4.69) is 54.9 Å². The number of likely N-dealkylation sites (N-methyl/N-ethyl adjacent to an activating group) is 1. The first-order valence-electron chi connectivity index (χ1n) is 6.92. The Morgan fingerprint density at radius 2 is 2.00 bits per heavy atom. The predicted octanol–water partition coefficient (Wildman–Crippen LogP) is 3.40. The number of aromatic nitrogens is 2. The molecule has 0 aliphatic carbocycles. The van der Waals surface area contributed by atoms with Crippen LogP contribution in [0.5, 0.6) is 0 Å². The van der Waals surface area contributed by atoms with Gasteiger partial charge in [-0.1, -0.05) is 32.4 Å². The van der Waals surface area contributed by atoms with Gasteiger partial charge < -0.3 is 10.2 Å². The van der Waals surface area contributed by atoms with Crippen LogP contribution in [0.25, 0.3) is 0 Å². The summed E-state index contributed by atoms with van der Waals surface area (Å²) in [6, 6.07) is 2.37. The Hall–Kier alpha value is -0.870. The van der Waals surface area contributed by atoms with Crippen molar-refractivity contribution < 1.29 is 0 Å². The van der Waals surface area contributed by atoms with E-state index in [1.54, 1.807) is 6.07 Å². The fourth-order valence-electron chi connectivity index (χ4n) is 1.68. The Balaban J connectivity index is 2.54. The van der Waals surface area contributed by atoms with E-state index in [4.69, 9.17) is 11.6 Å². The number of hydrogen-bond donors (Lipinski definition) is 1. The van der Waals surface area contributed by atoms with Gasteiger partial charge in [-0.25, -0.2) is 9.97 Å². The maximum Gasteiger partial charge on any atom is 0.135 e. The van der Waals surface area contributed by atoms with E-state index in [-0.39, 0.29) is 5.92 Å². The second-order valence-corrected chi connectivity index (χ2v) is 5.64. The van der Waals surface area contributed by atoms with E-state index < -0.39 is 0 Å². The Labute approximate surface area is 121 Å². The van der Waals surface area contributed by atoms with Crippen molar-refractivity contribution in [3.63, 3.8) is 0 Å². The largest absolute Gasteiger partial charge is 0.369 e. The summed E-state index contributed by atoms with van der Waals surface area (Å²) < 4.78 is 0. The molecule has 1 atom stereocenters. The summed E-state index contributed by atoms with van der Waals surface area (Å²) in [6.45, 7) is 10.4. The summed E-state index contributed by atoms with van der Waals surface area (Å²) in [5.41, 5.74) is 0. The zero-order chi connectivity index (χ0) is 14.4. The molecule has 1 rings (SSSR count). The maximum atomic E-state index is 6.01. The van der Waals surface area contributed by atoms with Gasteiger partial charge in [-0.05, 0) is 20.4 Å². The highest BCUT2D eigenvalue weighted by Crippen LogP contribution is 2.16. The molecule has 1 aromatic rings. The maximum absolute atomic E-state index is 6.01. The fraction of sp³-hybridized carbons (Fsp3) is 0.714. The lowest BCUT2D eigenvalue weighted by molar-refractivity contribution is 0.261. The zero-order valence-electron chi connectivity index (χ0n) is 12.6. The van der Waals surface area contributed by atoms with E-state index in [0.717, 1.165) is 31.2 Å². The summed E-state index contributed by atoms with van der Waals surface area (Å²) in [4.78, 5) is 11.0. The van der Waals surface area contributed by atoms with Gasteiger partial charge in [-0.15, -0.1) is 0 Å². The molecule has 0 fully saturated rings. The molecule has 1 unspecified atom stereocenters. The first-order chi connectivity index (χ1) is 8.93. The molecule has 5 heteroatoms. The van der Waals surface area contributed by atoms with E-state index >= 15 is 0 Å². The van der Waals surface area contributed by atoms with Crippen LogP contribution in [0.1, 0.15) is 45.9 Å². The normalized spacial score (nSPS) is 13.1. The van der Waals surface area contributed by atoms with Crippen LogP contribution in [0.2, 0.25) is 5.15 Å². The summed E-state index contributed by atoms with van der Waals surface area (Å²) in [5.74, 6) is 1.87. The first-order valence-corrected chi connectivity index (χ1v) is 7.30. The fourth-order valence-corrected chi connectivity index (χ4v) is 1.87. The van der Waals surface area contributed by atoms with Gasteiger partial charge in [0.2, 0.25) is 0 Å². The number of rotatable bonds is 7. The second kappa shape index (κ2) is 7.65. The van der Waals surface area contributed by atoms with Gasteiger partial charge in [0, 0.05) is 31.1 Å². The molecular weight excluding hydrogens is 260 g/mol. The van der Waals surface area contributed by atoms with Gasteiger partial charge in [0.25, 0.3) is 0 Å². The van der Waals surface area contributed by atoms with Gasteiger partial charge in [0.1, 0.15) is 16.8 Å². The van der Waals surface area contributed by atoms with E-state index in [1.165, 1.54) is 0 Å². The Bertz CT molecular complexity index is 395. The van der Waals surface area contributed by atoms with Crippen molar-refractivity contribution in [2.75, 3.05) is 25.5 Å². The number of nitrogens with zero attached hydrogens (tertiary/aromatic N) is 3. The molecule has 0 aromatic carbocycles. The van der Waals surface area contributed by atoms with Crippen LogP contribution < -0.4 is 5.32 Å². The van der Waals surface area contributed by atoms with Crippen LogP contribution in [0.15, 0.2) is 6.07 Å². The quantitative estimate of drug-likeness (QED) is 0.779. The number of nitrogens with one attached hydrogen (secondary N) is 1. The van der Waals surface area contributed by atoms with E-state index in [0.29, 0.717) is 11.2 Å². The summed E-state index contributed by atoms with van der Waals surface area (Å²) in [7, 11) is 2.14. The highest BCUT2D eigenvalue weighted by molar-refractivity contribution is 6.29. The summed E-state index contributed by atoms with van der Waals surface area (Å²) in [6.07, 6.45) is 1.16. The zero-order valence-corrected chi connectivity index (χ0v) is 13.3. The van der Waals surface area contributed by atoms with Crippen LogP contribution in [-0.4, -0.2) is 41.0 Å². The Kier molecular flexibility index (Phi) is 6.52. The average molecular weight is 285 g/mol. The van der Waals surface area contributed by atoms with Crippen molar-refractivity contribution in [3.05, 3.63) is 17.0 Å². The summed E-state index contributed by atoms with van der Waals surface area (Å²) in [5, 5.41) is 3.81. The minimum absolute atomic E-state index is 0.280. The molecule has 1 N–H and O–H groups in total. The average Bonchev–Trinajstić information content (AvgIpc) is 2.36. The lowest BCUT2D eigenvalue weighted by atomic mass is 10.2. The molecule has 0 aliphatic rings. The number of halogens is 1. The third-order valence-corrected chi connectivity index (χ3v) is 3.54. The van der Waals surface area contributed by atoms with Gasteiger partial charge in [-0.2, -0.15) is 0 Å². The third-order valence-electron chi connectivity index (χ3n) is 3.34. The van der Waals surface area contributed by atoms with Crippen molar-refractivity contribution in [1.29, 1.82) is 0 Å². The van der Waals surface area contributed by atoms with Gasteiger partial charge in [-0.3, -0.25) is 0 Å². The van der Waals surface area contributed by atoms with Crippen molar-refractivity contribution in [3.8, 4) is 0 Å². The van der Waals surface area contributed by atoms with Gasteiger partial charge in [0.05, 0.1) is 0 Å². The highest BCUT2D eigenvalue weighted by atomic mass is 35.5. The third kappa shape index (κ3) is 5.33. The predicted molar refractivity (Wildman–Crippen MR) is 82.0 cm³/mol. The smallest absolute Gasteiger partial charge is 0.135 e. The van der Waals surface area contributed by atoms with Crippen molar-refractivity contribution in [2.24, 2.45) is 0 Å². The highest BCUT2D eigenvalue weighted by Gasteiger charge is 2.08. The molecule has 0 spiro atoms. The minimum Gasteiger partial charge on any atom is -0.369 e. The molecule has 4 nitrogen and oxygen atoms in total. The van der Waals surface area contributed by atoms with Crippen LogP contribution in [-0.2, 0) is 0 Å². The lowest BCUT2D eigenvalue weighted by Crippen LogP contribution is -2.32. The molecule has 1 heterocycles. The molecule has 0 amide bonds. The van der Waals surface area contributed by atoms with Crippen molar-refractivity contribution >= 4 is 17.4 Å². The molecule has 19 heavy (non-hydrogen) atoms. The summed E-state index contributed by atoms with van der Waals surface area (Å²) >= 11 is 6.01. The van der Waals surface area contributed by atoms with Crippen LogP contribution in [0, 0.1) is 0 Å². The van der Waals surface area contributed by atoms with Gasteiger partial charge >= 0.3 is 0 Å². The lowest BCUT2D eigenvalue weighted by Gasteiger charge is -2.23. The molecule has 108 valence electrons. The van der Waals surface area contributed by atoms with Crippen molar-refractivity contribution in [1.82, 2.24) is 14.9 Å². The minimum atomic E-state index is 0.280. The molecule has 0 radical (unpaired) electrons.